The van der Waals surface area contributed by atoms with Crippen LogP contribution in [0, 0.1) is 16.0 Å². The summed E-state index contributed by atoms with van der Waals surface area (Å²) in [5.74, 6) is -0.420. The van der Waals surface area contributed by atoms with E-state index in [0.29, 0.717) is 5.76 Å². The molecule has 1 aromatic carbocycles. The van der Waals surface area contributed by atoms with Gasteiger partial charge in [-0.05, 0) is 24.1 Å². The van der Waals surface area contributed by atoms with E-state index in [9.17, 15) is 19.7 Å². The molecule has 1 aromatic heterocycles. The molecule has 9 heteroatoms. The highest BCUT2D eigenvalue weighted by Gasteiger charge is 2.28. The van der Waals surface area contributed by atoms with E-state index < -0.39 is 16.9 Å². The van der Waals surface area contributed by atoms with Crippen LogP contribution in [0.2, 0.25) is 5.02 Å². The summed E-state index contributed by atoms with van der Waals surface area (Å²) in [7, 11) is 1.62. The summed E-state index contributed by atoms with van der Waals surface area (Å²) in [5, 5.41) is 13.4. The van der Waals surface area contributed by atoms with Crippen molar-refractivity contribution >= 4 is 29.1 Å². The van der Waals surface area contributed by atoms with E-state index in [1.54, 1.807) is 33.0 Å². The van der Waals surface area contributed by atoms with Crippen LogP contribution in [0.1, 0.15) is 30.0 Å². The number of carbonyl (C=O) groups excluding carboxylic acids is 2. The van der Waals surface area contributed by atoms with Gasteiger partial charge in [0.15, 0.2) is 0 Å². The molecule has 2 aromatic rings. The molecule has 0 aliphatic heterocycles. The third-order valence-corrected chi connectivity index (χ3v) is 4.29. The van der Waals surface area contributed by atoms with Gasteiger partial charge in [-0.15, -0.1) is 0 Å². The number of furan rings is 1. The van der Waals surface area contributed by atoms with Crippen molar-refractivity contribution in [1.82, 2.24) is 10.2 Å². The zero-order valence-electron chi connectivity index (χ0n) is 15.1. The first kappa shape index (κ1) is 20.4. The summed E-state index contributed by atoms with van der Waals surface area (Å²) in [5.41, 5.74) is -0.152. The Kier molecular flexibility index (Phi) is 6.57. The van der Waals surface area contributed by atoms with Crippen LogP contribution in [-0.2, 0) is 11.3 Å². The number of hydrogen-bond donors (Lipinski definition) is 1. The van der Waals surface area contributed by atoms with E-state index in [1.807, 2.05) is 0 Å². The Morgan fingerprint density at radius 2 is 2.04 bits per heavy atom. The van der Waals surface area contributed by atoms with Gasteiger partial charge < -0.3 is 14.6 Å². The Morgan fingerprint density at radius 3 is 2.56 bits per heavy atom. The third-order valence-electron chi connectivity index (χ3n) is 3.98. The van der Waals surface area contributed by atoms with Gasteiger partial charge in [0.1, 0.15) is 11.8 Å². The molecule has 27 heavy (non-hydrogen) atoms. The standard InChI is InChI=1S/C18H20ClN3O5/c1-11(2)16(18(24)21(3)10-13-5-4-8-27-13)20-17(23)14-7-6-12(22(25)26)9-15(14)19/h4-9,11,16H,10H2,1-3H3,(H,20,23)/t16-/m0/s1. The van der Waals surface area contributed by atoms with E-state index in [4.69, 9.17) is 16.0 Å². The van der Waals surface area contributed by atoms with Crippen molar-refractivity contribution in [3.63, 3.8) is 0 Å². The predicted octanol–water partition coefficient (Wildman–Crippen LogP) is 3.25. The highest BCUT2D eigenvalue weighted by Crippen LogP contribution is 2.23. The largest absolute Gasteiger partial charge is 0.467 e. The quantitative estimate of drug-likeness (QED) is 0.574. The van der Waals surface area contributed by atoms with Crippen LogP contribution < -0.4 is 5.32 Å². The number of amides is 2. The minimum absolute atomic E-state index is 0.0550. The maximum absolute atomic E-state index is 12.8. The first-order valence-electron chi connectivity index (χ1n) is 8.23. The first-order valence-corrected chi connectivity index (χ1v) is 8.60. The molecule has 2 amide bonds. The Balaban J connectivity index is 2.14. The summed E-state index contributed by atoms with van der Waals surface area (Å²) in [6.07, 6.45) is 1.52. The van der Waals surface area contributed by atoms with Crippen molar-refractivity contribution in [1.29, 1.82) is 0 Å². The number of rotatable bonds is 7. The lowest BCUT2D eigenvalue weighted by atomic mass is 10.0. The fourth-order valence-electron chi connectivity index (χ4n) is 2.49. The number of nitrogens with one attached hydrogen (secondary N) is 1. The van der Waals surface area contributed by atoms with E-state index in [0.717, 1.165) is 6.07 Å². The molecule has 0 aliphatic carbocycles. The van der Waals surface area contributed by atoms with Gasteiger partial charge in [0.25, 0.3) is 11.6 Å². The molecule has 1 N–H and O–H groups in total. The molecule has 1 heterocycles. The Labute approximate surface area is 161 Å². The smallest absolute Gasteiger partial charge is 0.270 e. The van der Waals surface area contributed by atoms with Crippen molar-refractivity contribution in [3.8, 4) is 0 Å². The number of hydrogen-bond acceptors (Lipinski definition) is 5. The van der Waals surface area contributed by atoms with Crippen molar-refractivity contribution in [3.05, 3.63) is 63.1 Å². The fourth-order valence-corrected chi connectivity index (χ4v) is 2.75. The van der Waals surface area contributed by atoms with E-state index in [2.05, 4.69) is 5.32 Å². The van der Waals surface area contributed by atoms with Gasteiger partial charge in [-0.3, -0.25) is 19.7 Å². The van der Waals surface area contributed by atoms with Crippen molar-refractivity contribution in [2.24, 2.45) is 5.92 Å². The lowest BCUT2D eigenvalue weighted by Gasteiger charge is -2.26. The number of halogens is 1. The molecule has 0 radical (unpaired) electrons. The van der Waals surface area contributed by atoms with E-state index >= 15 is 0 Å². The highest BCUT2D eigenvalue weighted by molar-refractivity contribution is 6.34. The molecule has 8 nitrogen and oxygen atoms in total. The maximum atomic E-state index is 12.8. The van der Waals surface area contributed by atoms with Crippen LogP contribution in [0.5, 0.6) is 0 Å². The number of likely N-dealkylation sites (N-methyl/N-ethyl adjacent to an activating group) is 1. The van der Waals surface area contributed by atoms with Gasteiger partial charge in [0.05, 0.1) is 28.3 Å². The number of nitro groups is 1. The van der Waals surface area contributed by atoms with Gasteiger partial charge in [-0.1, -0.05) is 25.4 Å². The lowest BCUT2D eigenvalue weighted by Crippen LogP contribution is -2.50. The third kappa shape index (κ3) is 5.07. The maximum Gasteiger partial charge on any atom is 0.270 e. The second-order valence-corrected chi connectivity index (χ2v) is 6.80. The Hall–Kier alpha value is -2.87. The molecule has 1 atom stereocenters. The van der Waals surface area contributed by atoms with E-state index in [1.165, 1.54) is 23.3 Å². The molecule has 0 unspecified atom stereocenters. The predicted molar refractivity (Wildman–Crippen MR) is 99.4 cm³/mol. The summed E-state index contributed by atoms with van der Waals surface area (Å²) in [4.78, 5) is 36.9. The number of nitro benzene ring substituents is 1. The van der Waals surface area contributed by atoms with Gasteiger partial charge in [0.2, 0.25) is 5.91 Å². The van der Waals surface area contributed by atoms with Gasteiger partial charge in [-0.25, -0.2) is 0 Å². The summed E-state index contributed by atoms with van der Waals surface area (Å²) < 4.78 is 5.24. The number of carbonyl (C=O) groups is 2. The Bertz CT molecular complexity index is 836. The summed E-state index contributed by atoms with van der Waals surface area (Å²) in [6.45, 7) is 3.88. The van der Waals surface area contributed by atoms with Crippen molar-refractivity contribution < 1.29 is 18.9 Å². The average Bonchev–Trinajstić information content (AvgIpc) is 3.11. The van der Waals surface area contributed by atoms with Crippen molar-refractivity contribution in [2.75, 3.05) is 7.05 Å². The molecule has 0 spiro atoms. The molecular weight excluding hydrogens is 374 g/mol. The molecule has 0 saturated carbocycles. The van der Waals surface area contributed by atoms with Crippen LogP contribution >= 0.6 is 11.6 Å². The highest BCUT2D eigenvalue weighted by atomic mass is 35.5. The fraction of sp³-hybridized carbons (Fsp3) is 0.333. The normalized spacial score (nSPS) is 11.9. The molecule has 144 valence electrons. The molecular formula is C18H20ClN3O5. The average molecular weight is 394 g/mol. The van der Waals surface area contributed by atoms with Crippen molar-refractivity contribution in [2.45, 2.75) is 26.4 Å². The second kappa shape index (κ2) is 8.68. The van der Waals surface area contributed by atoms with Crippen LogP contribution in [0.25, 0.3) is 0 Å². The minimum Gasteiger partial charge on any atom is -0.467 e. The SMILES string of the molecule is CC(C)[C@H](NC(=O)c1ccc([N+](=O)[O-])cc1Cl)C(=O)N(C)Cc1ccco1. The number of non-ortho nitro benzene ring substituents is 1. The first-order chi connectivity index (χ1) is 12.7. The second-order valence-electron chi connectivity index (χ2n) is 6.39. The van der Waals surface area contributed by atoms with Crippen LogP contribution in [0.4, 0.5) is 5.69 Å². The lowest BCUT2D eigenvalue weighted by molar-refractivity contribution is -0.384. The zero-order chi connectivity index (χ0) is 20.1. The zero-order valence-corrected chi connectivity index (χ0v) is 15.9. The summed E-state index contributed by atoms with van der Waals surface area (Å²) in [6, 6.07) is 6.25. The van der Waals surface area contributed by atoms with Crippen LogP contribution in [0.15, 0.2) is 41.0 Å². The monoisotopic (exact) mass is 393 g/mol. The van der Waals surface area contributed by atoms with Crippen LogP contribution in [-0.4, -0.2) is 34.7 Å². The van der Waals surface area contributed by atoms with E-state index in [-0.39, 0.29) is 34.6 Å². The topological polar surface area (TPSA) is 106 Å². The molecule has 0 bridgehead atoms. The minimum atomic E-state index is -0.788. The Morgan fingerprint density at radius 1 is 1.33 bits per heavy atom. The summed E-state index contributed by atoms with van der Waals surface area (Å²) >= 11 is 6.00. The van der Waals surface area contributed by atoms with Gasteiger partial charge in [0, 0.05) is 19.2 Å². The number of nitrogens with zero attached hydrogens (tertiary/aromatic N) is 2. The van der Waals surface area contributed by atoms with Gasteiger partial charge in [-0.2, -0.15) is 0 Å². The molecule has 0 aliphatic rings. The van der Waals surface area contributed by atoms with Crippen LogP contribution in [0.3, 0.4) is 0 Å². The number of benzene rings is 1. The molecule has 2 rings (SSSR count). The molecule has 0 fully saturated rings. The molecule has 0 saturated heterocycles. The van der Waals surface area contributed by atoms with Gasteiger partial charge >= 0.3 is 0 Å².